The molecule has 0 aromatic heterocycles. The summed E-state index contributed by atoms with van der Waals surface area (Å²) in [7, 11) is 0. The second-order valence-corrected chi connectivity index (χ2v) is 13.2. The number of anilines is 1. The van der Waals surface area contributed by atoms with Crippen LogP contribution >= 0.6 is 11.6 Å². The number of hydrogen-bond acceptors (Lipinski definition) is 6. The number of nitrogens with zero attached hydrogens (tertiary/aromatic N) is 3. The summed E-state index contributed by atoms with van der Waals surface area (Å²) in [4.78, 5) is 18.3. The summed E-state index contributed by atoms with van der Waals surface area (Å²) in [5.41, 5.74) is 1.67. The summed E-state index contributed by atoms with van der Waals surface area (Å²) in [6, 6.07) is 15.2. The van der Waals surface area contributed by atoms with Crippen LogP contribution in [-0.4, -0.2) is 68.8 Å². The van der Waals surface area contributed by atoms with Crippen LogP contribution in [0.4, 0.5) is 5.69 Å². The van der Waals surface area contributed by atoms with E-state index in [1.807, 2.05) is 12.1 Å². The Labute approximate surface area is 243 Å². The number of nitrogens with one attached hydrogen (secondary N) is 2. The SMILES string of the molecule is CC1(C)C(NC(=O)c2ccc(N3CCN(CC4CCNCC4)CC3)cc2)C(C)(C)C1Oc1ccc(C#N)c(Cl)c1. The smallest absolute Gasteiger partial charge is 0.251 e. The molecule has 2 aromatic rings. The molecule has 0 radical (unpaired) electrons. The number of ether oxygens (including phenoxy) is 1. The molecule has 8 heteroatoms. The fraction of sp³-hybridized carbons (Fsp3) is 0.562. The van der Waals surface area contributed by atoms with Gasteiger partial charge in [-0.25, -0.2) is 0 Å². The predicted octanol–water partition coefficient (Wildman–Crippen LogP) is 4.95. The molecule has 0 atom stereocenters. The lowest BCUT2D eigenvalue weighted by atomic mass is 9.49. The van der Waals surface area contributed by atoms with Crippen LogP contribution in [0.2, 0.25) is 5.02 Å². The Morgan fingerprint density at radius 3 is 2.30 bits per heavy atom. The van der Waals surface area contributed by atoms with E-state index in [-0.39, 0.29) is 28.9 Å². The highest BCUT2D eigenvalue weighted by Gasteiger charge is 2.64. The molecule has 2 N–H and O–H groups in total. The van der Waals surface area contributed by atoms with Gasteiger partial charge < -0.3 is 20.3 Å². The van der Waals surface area contributed by atoms with Crippen LogP contribution in [0.1, 0.15) is 56.5 Å². The molecule has 2 heterocycles. The molecule has 7 nitrogen and oxygen atoms in total. The molecule has 5 rings (SSSR count). The van der Waals surface area contributed by atoms with Crippen molar-refractivity contribution in [3.8, 4) is 11.8 Å². The van der Waals surface area contributed by atoms with Gasteiger partial charge in [0.1, 0.15) is 17.9 Å². The number of carbonyl (C=O) groups excluding carboxylic acids is 1. The first-order chi connectivity index (χ1) is 19.1. The lowest BCUT2D eigenvalue weighted by Crippen LogP contribution is -2.74. The van der Waals surface area contributed by atoms with Crippen LogP contribution < -0.4 is 20.3 Å². The summed E-state index contributed by atoms with van der Waals surface area (Å²) >= 11 is 6.22. The lowest BCUT2D eigenvalue weighted by molar-refractivity contribution is -0.164. The third-order valence-electron chi connectivity index (χ3n) is 9.27. The van der Waals surface area contributed by atoms with Crippen molar-refractivity contribution < 1.29 is 9.53 Å². The van der Waals surface area contributed by atoms with Crippen LogP contribution in [-0.2, 0) is 0 Å². The molecule has 1 saturated carbocycles. The molecule has 214 valence electrons. The third-order valence-corrected chi connectivity index (χ3v) is 9.58. The molecule has 40 heavy (non-hydrogen) atoms. The zero-order valence-electron chi connectivity index (χ0n) is 24.2. The van der Waals surface area contributed by atoms with Crippen molar-refractivity contribution in [1.29, 1.82) is 5.26 Å². The fourth-order valence-electron chi connectivity index (χ4n) is 7.25. The Morgan fingerprint density at radius 2 is 1.70 bits per heavy atom. The Balaban J connectivity index is 1.15. The Bertz CT molecular complexity index is 1220. The summed E-state index contributed by atoms with van der Waals surface area (Å²) in [5, 5.41) is 16.3. The average molecular weight is 564 g/mol. The van der Waals surface area contributed by atoms with E-state index >= 15 is 0 Å². The molecule has 2 aliphatic heterocycles. The summed E-state index contributed by atoms with van der Waals surface area (Å²) < 4.78 is 6.35. The van der Waals surface area contributed by atoms with E-state index in [1.54, 1.807) is 18.2 Å². The zero-order valence-corrected chi connectivity index (χ0v) is 24.9. The molecular formula is C32H42ClN5O2. The van der Waals surface area contributed by atoms with Gasteiger partial charge in [-0.05, 0) is 68.2 Å². The normalized spacial score (nSPS) is 24.6. The summed E-state index contributed by atoms with van der Waals surface area (Å²) in [5.74, 6) is 1.39. The predicted molar refractivity (Wildman–Crippen MR) is 160 cm³/mol. The zero-order chi connectivity index (χ0) is 28.5. The molecule has 3 aliphatic rings. The highest BCUT2D eigenvalue weighted by Crippen LogP contribution is 2.55. The molecule has 1 aliphatic carbocycles. The van der Waals surface area contributed by atoms with Gasteiger partial charge in [0.05, 0.1) is 10.6 Å². The molecule has 1 amide bonds. The van der Waals surface area contributed by atoms with Gasteiger partial charge >= 0.3 is 0 Å². The maximum Gasteiger partial charge on any atom is 0.251 e. The van der Waals surface area contributed by atoms with Crippen molar-refractivity contribution in [3.05, 3.63) is 58.6 Å². The van der Waals surface area contributed by atoms with Crippen LogP contribution in [0.5, 0.6) is 5.75 Å². The Kier molecular flexibility index (Phi) is 8.33. The van der Waals surface area contributed by atoms with Crippen LogP contribution in [0.15, 0.2) is 42.5 Å². The topological polar surface area (TPSA) is 80.6 Å². The number of nitriles is 1. The van der Waals surface area contributed by atoms with E-state index in [1.165, 1.54) is 25.1 Å². The third kappa shape index (κ3) is 5.81. The van der Waals surface area contributed by atoms with Crippen LogP contribution in [0.25, 0.3) is 0 Å². The van der Waals surface area contributed by atoms with Gasteiger partial charge in [-0.2, -0.15) is 5.26 Å². The van der Waals surface area contributed by atoms with Crippen LogP contribution in [0, 0.1) is 28.1 Å². The van der Waals surface area contributed by atoms with Gasteiger partial charge in [0.2, 0.25) is 0 Å². The standard InChI is InChI=1S/C32H42ClN5O2/c1-31(2)29(32(3,4)30(31)40-26-10-7-24(20-34)27(33)19-26)36-28(39)23-5-8-25(9-6-23)38-17-15-37(16-18-38)21-22-11-13-35-14-12-22/h5-10,19,22,29-30,35H,11-18,21H2,1-4H3,(H,36,39). The minimum Gasteiger partial charge on any atom is -0.489 e. The highest BCUT2D eigenvalue weighted by molar-refractivity contribution is 6.31. The Morgan fingerprint density at radius 1 is 1.05 bits per heavy atom. The maximum absolute atomic E-state index is 13.3. The van der Waals surface area contributed by atoms with Gasteiger partial charge in [0.15, 0.2) is 0 Å². The number of halogens is 1. The largest absolute Gasteiger partial charge is 0.489 e. The summed E-state index contributed by atoms with van der Waals surface area (Å²) in [6.45, 7) is 16.2. The second kappa shape index (κ2) is 11.6. The molecule has 0 spiro atoms. The number of carbonyl (C=O) groups is 1. The van der Waals surface area contributed by atoms with Gasteiger partial charge in [0, 0.05) is 66.9 Å². The van der Waals surface area contributed by atoms with E-state index in [2.05, 4.69) is 66.3 Å². The second-order valence-electron chi connectivity index (χ2n) is 12.8. The first-order valence-electron chi connectivity index (χ1n) is 14.5. The van der Waals surface area contributed by atoms with Gasteiger partial charge in [-0.15, -0.1) is 0 Å². The molecule has 2 saturated heterocycles. The fourth-order valence-corrected chi connectivity index (χ4v) is 7.46. The minimum atomic E-state index is -0.298. The number of benzene rings is 2. The first-order valence-corrected chi connectivity index (χ1v) is 14.9. The first kappa shape index (κ1) is 28.7. The molecule has 0 unspecified atom stereocenters. The summed E-state index contributed by atoms with van der Waals surface area (Å²) in [6.07, 6.45) is 2.45. The van der Waals surface area contributed by atoms with Crippen molar-refractivity contribution >= 4 is 23.2 Å². The molecule has 3 fully saturated rings. The van der Waals surface area contributed by atoms with Crippen molar-refractivity contribution in [1.82, 2.24) is 15.5 Å². The number of rotatable bonds is 7. The Hall–Kier alpha value is -2.79. The molecule has 0 bridgehead atoms. The molecular weight excluding hydrogens is 522 g/mol. The number of piperidine rings is 1. The van der Waals surface area contributed by atoms with Crippen molar-refractivity contribution in [2.75, 3.05) is 50.7 Å². The molecule has 2 aromatic carbocycles. The number of amides is 1. The van der Waals surface area contributed by atoms with Crippen molar-refractivity contribution in [3.63, 3.8) is 0 Å². The monoisotopic (exact) mass is 563 g/mol. The van der Waals surface area contributed by atoms with E-state index < -0.39 is 0 Å². The van der Waals surface area contributed by atoms with E-state index in [0.29, 0.717) is 21.9 Å². The van der Waals surface area contributed by atoms with Crippen LogP contribution in [0.3, 0.4) is 0 Å². The maximum atomic E-state index is 13.3. The van der Waals surface area contributed by atoms with Gasteiger partial charge in [-0.3, -0.25) is 9.69 Å². The highest BCUT2D eigenvalue weighted by atomic mass is 35.5. The van der Waals surface area contributed by atoms with Gasteiger partial charge in [-0.1, -0.05) is 39.3 Å². The van der Waals surface area contributed by atoms with E-state index in [9.17, 15) is 4.79 Å². The lowest BCUT2D eigenvalue weighted by Gasteiger charge is -2.63. The van der Waals surface area contributed by atoms with Gasteiger partial charge in [0.25, 0.3) is 5.91 Å². The van der Waals surface area contributed by atoms with E-state index in [4.69, 9.17) is 21.6 Å². The average Bonchev–Trinajstić information content (AvgIpc) is 2.95. The minimum absolute atomic E-state index is 0.0654. The number of piperazine rings is 1. The van der Waals surface area contributed by atoms with E-state index in [0.717, 1.165) is 45.2 Å². The van der Waals surface area contributed by atoms with Crippen molar-refractivity contribution in [2.45, 2.75) is 52.7 Å². The number of hydrogen-bond donors (Lipinski definition) is 2. The quantitative estimate of drug-likeness (QED) is 0.496. The van der Waals surface area contributed by atoms with Crippen molar-refractivity contribution in [2.24, 2.45) is 16.7 Å².